The summed E-state index contributed by atoms with van der Waals surface area (Å²) < 4.78 is 0.929. The van der Waals surface area contributed by atoms with Gasteiger partial charge in [-0.3, -0.25) is 0 Å². The number of hydrogen-bond acceptors (Lipinski definition) is 5. The molecule has 1 aromatic carbocycles. The Morgan fingerprint density at radius 2 is 2.14 bits per heavy atom. The number of anilines is 2. The van der Waals surface area contributed by atoms with Crippen LogP contribution in [0.2, 0.25) is 0 Å². The quantitative estimate of drug-likeness (QED) is 0.845. The lowest BCUT2D eigenvalue weighted by Gasteiger charge is -2.25. The second-order valence-corrected chi connectivity index (χ2v) is 6.24. The van der Waals surface area contributed by atoms with Gasteiger partial charge >= 0.3 is 0 Å². The normalized spacial score (nSPS) is 17.3. The Bertz CT molecular complexity index is 697. The van der Waals surface area contributed by atoms with E-state index in [0.717, 1.165) is 35.6 Å². The van der Waals surface area contributed by atoms with Gasteiger partial charge in [-0.1, -0.05) is 15.9 Å². The number of nitrogens with zero attached hydrogens (tertiary/aromatic N) is 5. The lowest BCUT2D eigenvalue weighted by molar-refractivity contribution is 0.674. The largest absolute Gasteiger partial charge is 0.368 e. The molecule has 1 atom stereocenters. The van der Waals surface area contributed by atoms with Crippen LogP contribution in [0.4, 0.5) is 11.6 Å². The van der Waals surface area contributed by atoms with E-state index in [1.165, 1.54) is 0 Å². The van der Waals surface area contributed by atoms with Crippen molar-refractivity contribution >= 4 is 27.6 Å². The molecule has 0 aliphatic carbocycles. The molecule has 5 nitrogen and oxygen atoms in total. The highest BCUT2D eigenvalue weighted by Crippen LogP contribution is 2.28. The van der Waals surface area contributed by atoms with Crippen LogP contribution in [0.3, 0.4) is 0 Å². The maximum Gasteiger partial charge on any atom is 0.225 e. The molecular weight excluding hydrogens is 342 g/mol. The van der Waals surface area contributed by atoms with Crippen molar-refractivity contribution in [3.63, 3.8) is 0 Å². The fraction of sp³-hybridized carbons (Fsp3) is 0.312. The van der Waals surface area contributed by atoms with Gasteiger partial charge in [0.25, 0.3) is 0 Å². The first kappa shape index (κ1) is 14.8. The monoisotopic (exact) mass is 357 g/mol. The SMILES string of the molecule is CN(c1ncccn1)C1CCN(c2ccc(Br)cc2C#N)C1. The summed E-state index contributed by atoms with van der Waals surface area (Å²) in [6, 6.07) is 10.3. The molecule has 3 rings (SSSR count). The van der Waals surface area contributed by atoms with Crippen molar-refractivity contribution in [1.29, 1.82) is 5.26 Å². The van der Waals surface area contributed by atoms with E-state index in [1.807, 2.05) is 31.3 Å². The Morgan fingerprint density at radius 1 is 1.36 bits per heavy atom. The van der Waals surface area contributed by atoms with Crippen molar-refractivity contribution in [1.82, 2.24) is 9.97 Å². The lowest BCUT2D eigenvalue weighted by Crippen LogP contribution is -2.35. The van der Waals surface area contributed by atoms with Crippen LogP contribution in [0.25, 0.3) is 0 Å². The molecule has 0 spiro atoms. The third-order valence-corrected chi connectivity index (χ3v) is 4.49. The zero-order chi connectivity index (χ0) is 15.5. The van der Waals surface area contributed by atoms with Crippen LogP contribution in [0.5, 0.6) is 0 Å². The van der Waals surface area contributed by atoms with E-state index in [9.17, 15) is 5.26 Å². The van der Waals surface area contributed by atoms with Gasteiger partial charge in [-0.05, 0) is 30.7 Å². The number of rotatable bonds is 3. The molecule has 0 amide bonds. The molecule has 1 unspecified atom stereocenters. The van der Waals surface area contributed by atoms with E-state index >= 15 is 0 Å². The lowest BCUT2D eigenvalue weighted by atomic mass is 10.2. The second kappa shape index (κ2) is 6.32. The van der Waals surface area contributed by atoms with Crippen molar-refractivity contribution in [2.75, 3.05) is 29.9 Å². The molecule has 1 fully saturated rings. The van der Waals surface area contributed by atoms with Gasteiger partial charge in [0, 0.05) is 37.0 Å². The number of aromatic nitrogens is 2. The van der Waals surface area contributed by atoms with E-state index in [4.69, 9.17) is 0 Å². The molecule has 0 bridgehead atoms. The summed E-state index contributed by atoms with van der Waals surface area (Å²) >= 11 is 3.42. The molecule has 112 valence electrons. The predicted octanol–water partition coefficient (Wildman–Crippen LogP) is 2.83. The fourth-order valence-corrected chi connectivity index (χ4v) is 3.15. The average molecular weight is 358 g/mol. The Morgan fingerprint density at radius 3 is 2.86 bits per heavy atom. The standard InChI is InChI=1S/C16H16BrN5/c1-21(16-19-6-2-7-20-16)14-5-8-22(11-14)15-4-3-13(17)9-12(15)10-18/h2-4,6-7,9,14H,5,8,11H2,1H3. The first-order valence-corrected chi connectivity index (χ1v) is 7.93. The second-order valence-electron chi connectivity index (χ2n) is 5.32. The van der Waals surface area contributed by atoms with Crippen molar-refractivity contribution in [3.8, 4) is 6.07 Å². The molecule has 2 heterocycles. The van der Waals surface area contributed by atoms with Crippen molar-refractivity contribution in [2.24, 2.45) is 0 Å². The molecule has 22 heavy (non-hydrogen) atoms. The van der Waals surface area contributed by atoms with Crippen LogP contribution in [0, 0.1) is 11.3 Å². The smallest absolute Gasteiger partial charge is 0.225 e. The highest BCUT2D eigenvalue weighted by Gasteiger charge is 2.28. The third-order valence-electron chi connectivity index (χ3n) is 4.00. The molecule has 0 radical (unpaired) electrons. The molecule has 2 aromatic rings. The molecule has 1 aliphatic heterocycles. The summed E-state index contributed by atoms with van der Waals surface area (Å²) in [6.45, 7) is 1.79. The molecule has 1 saturated heterocycles. The van der Waals surface area contributed by atoms with E-state index in [0.29, 0.717) is 11.6 Å². The molecule has 6 heteroatoms. The van der Waals surface area contributed by atoms with Gasteiger partial charge in [-0.2, -0.15) is 5.26 Å². The number of benzene rings is 1. The Hall–Kier alpha value is -2.13. The highest BCUT2D eigenvalue weighted by molar-refractivity contribution is 9.10. The summed E-state index contributed by atoms with van der Waals surface area (Å²) in [4.78, 5) is 13.0. The molecule has 0 saturated carbocycles. The summed E-state index contributed by atoms with van der Waals surface area (Å²) in [7, 11) is 2.02. The van der Waals surface area contributed by atoms with Crippen molar-refractivity contribution in [3.05, 3.63) is 46.7 Å². The molecular formula is C16H16BrN5. The topological polar surface area (TPSA) is 56.1 Å². The number of halogens is 1. The summed E-state index contributed by atoms with van der Waals surface area (Å²) in [5, 5.41) is 9.33. The predicted molar refractivity (Wildman–Crippen MR) is 89.9 cm³/mol. The average Bonchev–Trinajstić information content (AvgIpc) is 3.04. The van der Waals surface area contributed by atoms with Crippen LogP contribution in [-0.4, -0.2) is 36.1 Å². The van der Waals surface area contributed by atoms with Gasteiger partial charge in [0.15, 0.2) is 0 Å². The summed E-state index contributed by atoms with van der Waals surface area (Å²) in [5.74, 6) is 0.741. The van der Waals surface area contributed by atoms with Crippen molar-refractivity contribution in [2.45, 2.75) is 12.5 Å². The van der Waals surface area contributed by atoms with Gasteiger partial charge in [0.1, 0.15) is 6.07 Å². The minimum Gasteiger partial charge on any atom is -0.368 e. The van der Waals surface area contributed by atoms with Gasteiger partial charge in [0.05, 0.1) is 17.3 Å². The summed E-state index contributed by atoms with van der Waals surface area (Å²) in [5.41, 5.74) is 1.70. The maximum atomic E-state index is 9.33. The van der Waals surface area contributed by atoms with Gasteiger partial charge in [-0.15, -0.1) is 0 Å². The zero-order valence-corrected chi connectivity index (χ0v) is 13.9. The highest BCUT2D eigenvalue weighted by atomic mass is 79.9. The molecule has 1 aromatic heterocycles. The Labute approximate surface area is 138 Å². The first-order chi connectivity index (χ1) is 10.7. The van der Waals surface area contributed by atoms with E-state index in [1.54, 1.807) is 12.4 Å². The minimum absolute atomic E-state index is 0.345. The molecule has 0 N–H and O–H groups in total. The van der Waals surface area contributed by atoms with Crippen LogP contribution in [0.15, 0.2) is 41.1 Å². The number of nitriles is 1. The Balaban J connectivity index is 1.77. The van der Waals surface area contributed by atoms with Gasteiger partial charge in [-0.25, -0.2) is 9.97 Å². The number of likely N-dealkylation sites (N-methyl/N-ethyl adjacent to an activating group) is 1. The first-order valence-electron chi connectivity index (χ1n) is 7.13. The van der Waals surface area contributed by atoms with E-state index in [2.05, 4.69) is 41.8 Å². The van der Waals surface area contributed by atoms with Crippen LogP contribution in [-0.2, 0) is 0 Å². The van der Waals surface area contributed by atoms with Gasteiger partial charge in [0.2, 0.25) is 5.95 Å². The maximum absolute atomic E-state index is 9.33. The fourth-order valence-electron chi connectivity index (χ4n) is 2.79. The van der Waals surface area contributed by atoms with E-state index in [-0.39, 0.29) is 0 Å². The number of hydrogen-bond donors (Lipinski definition) is 0. The Kier molecular flexibility index (Phi) is 4.25. The van der Waals surface area contributed by atoms with Crippen molar-refractivity contribution < 1.29 is 0 Å². The third kappa shape index (κ3) is 2.90. The zero-order valence-electron chi connectivity index (χ0n) is 12.3. The van der Waals surface area contributed by atoms with Crippen LogP contribution in [0.1, 0.15) is 12.0 Å². The van der Waals surface area contributed by atoms with E-state index < -0.39 is 0 Å². The van der Waals surface area contributed by atoms with Crippen LogP contribution >= 0.6 is 15.9 Å². The summed E-state index contributed by atoms with van der Waals surface area (Å²) in [6.07, 6.45) is 4.54. The minimum atomic E-state index is 0.345. The molecule has 1 aliphatic rings. The van der Waals surface area contributed by atoms with Crippen LogP contribution < -0.4 is 9.80 Å². The van der Waals surface area contributed by atoms with Gasteiger partial charge < -0.3 is 9.80 Å².